The van der Waals surface area contributed by atoms with E-state index in [9.17, 15) is 18.0 Å². The van der Waals surface area contributed by atoms with E-state index in [2.05, 4.69) is 0 Å². The van der Waals surface area contributed by atoms with Crippen LogP contribution in [0.25, 0.3) is 0 Å². The van der Waals surface area contributed by atoms with Crippen LogP contribution in [0.2, 0.25) is 0 Å². The number of amides is 1. The van der Waals surface area contributed by atoms with E-state index in [0.717, 1.165) is 0 Å². The monoisotopic (exact) mass is 398 g/mol. The van der Waals surface area contributed by atoms with E-state index in [0.29, 0.717) is 19.4 Å². The number of hydrogen-bond donors (Lipinski definition) is 1. The summed E-state index contributed by atoms with van der Waals surface area (Å²) in [6, 6.07) is 5.11. The number of benzene rings is 1. The molecule has 1 aromatic rings. The molecule has 8 nitrogen and oxygen atoms in total. The lowest BCUT2D eigenvalue weighted by molar-refractivity contribution is -0.138. The smallest absolute Gasteiger partial charge is 0.335 e. The van der Waals surface area contributed by atoms with Crippen LogP contribution < -0.4 is 0 Å². The summed E-state index contributed by atoms with van der Waals surface area (Å²) < 4.78 is 31.9. The molecule has 0 saturated carbocycles. The molecule has 0 radical (unpaired) electrons. The van der Waals surface area contributed by atoms with Crippen LogP contribution in [0.15, 0.2) is 29.2 Å². The van der Waals surface area contributed by atoms with E-state index in [4.69, 9.17) is 9.84 Å². The van der Waals surface area contributed by atoms with Crippen LogP contribution in [0.4, 0.5) is 0 Å². The Bertz CT molecular complexity index is 770. The fourth-order valence-electron chi connectivity index (χ4n) is 3.12. The first-order valence-electron chi connectivity index (χ1n) is 8.77. The predicted molar refractivity (Wildman–Crippen MR) is 99.0 cm³/mol. The van der Waals surface area contributed by atoms with Gasteiger partial charge in [-0.2, -0.15) is 4.31 Å². The molecule has 1 N–H and O–H groups in total. The Morgan fingerprint density at radius 3 is 2.30 bits per heavy atom. The van der Waals surface area contributed by atoms with E-state index in [1.165, 1.54) is 28.6 Å². The first-order chi connectivity index (χ1) is 12.7. The van der Waals surface area contributed by atoms with Crippen LogP contribution in [0.3, 0.4) is 0 Å². The lowest BCUT2D eigenvalue weighted by Crippen LogP contribution is -2.46. The summed E-state index contributed by atoms with van der Waals surface area (Å²) in [5, 5.41) is 8.92. The highest BCUT2D eigenvalue weighted by Crippen LogP contribution is 2.25. The predicted octanol–water partition coefficient (Wildman–Crippen LogP) is 1.28. The number of sulfonamides is 1. The van der Waals surface area contributed by atoms with Gasteiger partial charge in [-0.25, -0.2) is 13.2 Å². The molecular weight excluding hydrogens is 372 g/mol. The quantitative estimate of drug-likeness (QED) is 0.742. The molecule has 27 heavy (non-hydrogen) atoms. The van der Waals surface area contributed by atoms with Crippen LogP contribution in [0.1, 0.15) is 30.1 Å². The van der Waals surface area contributed by atoms with E-state index in [1.54, 1.807) is 19.1 Å². The standard InChI is InChI=1S/C18H26N2O6S/c1-13(12-26-3)19(2)17(21)14-8-10-20(11-9-14)27(24,25)16-6-4-15(5-7-16)18(22)23/h4-7,13-14H,8-12H2,1-3H3,(H,22,23). The van der Waals surface area contributed by atoms with Crippen LogP contribution in [0, 0.1) is 5.92 Å². The lowest BCUT2D eigenvalue weighted by atomic mass is 9.96. The van der Waals surface area contributed by atoms with Gasteiger partial charge in [0, 0.05) is 33.2 Å². The number of hydrogen-bond acceptors (Lipinski definition) is 5. The molecule has 1 amide bonds. The molecule has 0 aliphatic carbocycles. The number of ether oxygens (including phenoxy) is 1. The summed E-state index contributed by atoms with van der Waals surface area (Å²) in [4.78, 5) is 25.2. The van der Waals surface area contributed by atoms with Gasteiger partial charge in [0.2, 0.25) is 15.9 Å². The fraction of sp³-hybridized carbons (Fsp3) is 0.556. The summed E-state index contributed by atoms with van der Waals surface area (Å²) in [6.45, 7) is 2.86. The van der Waals surface area contributed by atoms with Crippen molar-refractivity contribution >= 4 is 21.9 Å². The van der Waals surface area contributed by atoms with E-state index in [-0.39, 0.29) is 41.4 Å². The Morgan fingerprint density at radius 1 is 1.26 bits per heavy atom. The van der Waals surface area contributed by atoms with Crippen LogP contribution in [-0.2, 0) is 19.6 Å². The third kappa shape index (κ3) is 4.85. The SMILES string of the molecule is COCC(C)N(C)C(=O)C1CCN(S(=O)(=O)c2ccc(C(=O)O)cc2)CC1. The summed E-state index contributed by atoms with van der Waals surface area (Å²) in [7, 11) is -0.384. The number of carboxylic acid groups (broad SMARTS) is 1. The second-order valence-electron chi connectivity index (χ2n) is 6.76. The molecule has 1 heterocycles. The highest BCUT2D eigenvalue weighted by molar-refractivity contribution is 7.89. The van der Waals surface area contributed by atoms with Gasteiger partial charge >= 0.3 is 5.97 Å². The lowest BCUT2D eigenvalue weighted by Gasteiger charge is -2.34. The van der Waals surface area contributed by atoms with Gasteiger partial charge in [-0.05, 0) is 44.0 Å². The van der Waals surface area contributed by atoms with Crippen molar-refractivity contribution in [3.05, 3.63) is 29.8 Å². The summed E-state index contributed by atoms with van der Waals surface area (Å²) in [5.41, 5.74) is 0.0338. The molecule has 0 aromatic heterocycles. The van der Waals surface area contributed by atoms with Crippen molar-refractivity contribution in [1.82, 2.24) is 9.21 Å². The molecule has 0 spiro atoms. The normalized spacial score (nSPS) is 17.4. The minimum Gasteiger partial charge on any atom is -0.478 e. The molecule has 0 bridgehead atoms. The molecule has 1 aliphatic rings. The third-order valence-electron chi connectivity index (χ3n) is 4.96. The van der Waals surface area contributed by atoms with Crippen LogP contribution in [0.5, 0.6) is 0 Å². The van der Waals surface area contributed by atoms with Gasteiger partial charge in [0.1, 0.15) is 0 Å². The van der Waals surface area contributed by atoms with E-state index in [1.807, 2.05) is 6.92 Å². The van der Waals surface area contributed by atoms with Gasteiger partial charge in [0.25, 0.3) is 0 Å². The van der Waals surface area contributed by atoms with Crippen LogP contribution >= 0.6 is 0 Å². The first-order valence-corrected chi connectivity index (χ1v) is 10.2. The van der Waals surface area contributed by atoms with Crippen molar-refractivity contribution in [2.75, 3.05) is 33.9 Å². The molecule has 9 heteroatoms. The van der Waals surface area contributed by atoms with Gasteiger partial charge in [-0.3, -0.25) is 4.79 Å². The summed E-state index contributed by atoms with van der Waals surface area (Å²) in [5.74, 6) is -1.32. The maximum Gasteiger partial charge on any atom is 0.335 e. The fourth-order valence-corrected chi connectivity index (χ4v) is 4.59. The van der Waals surface area contributed by atoms with Crippen molar-refractivity contribution in [3.63, 3.8) is 0 Å². The number of aromatic carboxylic acids is 1. The number of rotatable bonds is 7. The van der Waals surface area contributed by atoms with Gasteiger partial charge < -0.3 is 14.7 Å². The number of carbonyl (C=O) groups is 2. The van der Waals surface area contributed by atoms with Gasteiger partial charge in [-0.15, -0.1) is 0 Å². The topological polar surface area (TPSA) is 104 Å². The molecule has 1 fully saturated rings. The summed E-state index contributed by atoms with van der Waals surface area (Å²) >= 11 is 0. The average molecular weight is 398 g/mol. The molecule has 150 valence electrons. The summed E-state index contributed by atoms with van der Waals surface area (Å²) in [6.07, 6.45) is 0.907. The molecule has 1 atom stereocenters. The van der Waals surface area contributed by atoms with Crippen molar-refractivity contribution in [2.24, 2.45) is 5.92 Å². The van der Waals surface area contributed by atoms with Crippen molar-refractivity contribution < 1.29 is 27.9 Å². The largest absolute Gasteiger partial charge is 0.478 e. The molecule has 2 rings (SSSR count). The van der Waals surface area contributed by atoms with Gasteiger partial charge in [0.15, 0.2) is 0 Å². The average Bonchev–Trinajstić information content (AvgIpc) is 2.67. The molecular formula is C18H26N2O6S. The zero-order valence-electron chi connectivity index (χ0n) is 15.8. The number of carbonyl (C=O) groups excluding carboxylic acids is 1. The van der Waals surface area contributed by atoms with Gasteiger partial charge in [0.05, 0.1) is 23.1 Å². The Morgan fingerprint density at radius 2 is 1.81 bits per heavy atom. The van der Waals surface area contributed by atoms with E-state index < -0.39 is 16.0 Å². The maximum atomic E-state index is 12.7. The maximum absolute atomic E-state index is 12.7. The minimum atomic E-state index is -3.70. The molecule has 1 saturated heterocycles. The minimum absolute atomic E-state index is 0.00223. The number of piperidine rings is 1. The Hall–Kier alpha value is -1.97. The molecule has 1 unspecified atom stereocenters. The van der Waals surface area contributed by atoms with Crippen molar-refractivity contribution in [3.8, 4) is 0 Å². The second-order valence-corrected chi connectivity index (χ2v) is 8.70. The Balaban J connectivity index is 2.01. The van der Waals surface area contributed by atoms with Crippen molar-refractivity contribution in [2.45, 2.75) is 30.7 Å². The zero-order valence-corrected chi connectivity index (χ0v) is 16.6. The van der Waals surface area contributed by atoms with E-state index >= 15 is 0 Å². The number of nitrogens with zero attached hydrogens (tertiary/aromatic N) is 2. The highest BCUT2D eigenvalue weighted by atomic mass is 32.2. The Kier molecular flexibility index (Phi) is 6.96. The zero-order chi connectivity index (χ0) is 20.2. The van der Waals surface area contributed by atoms with Crippen molar-refractivity contribution in [1.29, 1.82) is 0 Å². The second kappa shape index (κ2) is 8.81. The molecule has 1 aromatic carbocycles. The van der Waals surface area contributed by atoms with Gasteiger partial charge in [-0.1, -0.05) is 0 Å². The Labute approximate surface area is 159 Å². The highest BCUT2D eigenvalue weighted by Gasteiger charge is 2.34. The number of likely N-dealkylation sites (N-methyl/N-ethyl adjacent to an activating group) is 1. The third-order valence-corrected chi connectivity index (χ3v) is 6.87. The number of carboxylic acids is 1. The molecule has 1 aliphatic heterocycles. The van der Waals surface area contributed by atoms with Crippen LogP contribution in [-0.4, -0.2) is 74.5 Å². The first kappa shape index (κ1) is 21.3. The number of methoxy groups -OCH3 is 1.